The molecule has 2 rings (SSSR count). The third-order valence-electron chi connectivity index (χ3n) is 2.79. The molecule has 0 aliphatic carbocycles. The summed E-state index contributed by atoms with van der Waals surface area (Å²) in [5.41, 5.74) is 3.26. The van der Waals surface area contributed by atoms with Gasteiger partial charge in [-0.1, -0.05) is 12.1 Å². The van der Waals surface area contributed by atoms with Gasteiger partial charge in [-0.3, -0.25) is 4.98 Å². The van der Waals surface area contributed by atoms with Gasteiger partial charge in [-0.2, -0.15) is 0 Å². The predicted molar refractivity (Wildman–Crippen MR) is 79.0 cm³/mol. The van der Waals surface area contributed by atoms with Crippen LogP contribution in [0, 0.1) is 16.3 Å². The van der Waals surface area contributed by atoms with Crippen molar-refractivity contribution in [1.29, 1.82) is 0 Å². The number of aromatic nitrogens is 1. The Labute approximate surface area is 120 Å². The summed E-state index contributed by atoms with van der Waals surface area (Å²) in [6, 6.07) is 6.98. The average Bonchev–Trinajstić information content (AvgIpc) is 2.33. The molecule has 94 valence electrons. The van der Waals surface area contributed by atoms with E-state index >= 15 is 0 Å². The van der Waals surface area contributed by atoms with Crippen LogP contribution < -0.4 is 5.32 Å². The van der Waals surface area contributed by atoms with Gasteiger partial charge in [-0.05, 0) is 65.4 Å². The number of pyridine rings is 1. The van der Waals surface area contributed by atoms with Gasteiger partial charge >= 0.3 is 0 Å². The minimum absolute atomic E-state index is 0.0323. The molecule has 1 unspecified atom stereocenters. The maximum atomic E-state index is 13.1. The molecule has 0 saturated carbocycles. The van der Waals surface area contributed by atoms with E-state index in [0.29, 0.717) is 0 Å². The first-order chi connectivity index (χ1) is 8.61. The SMILES string of the molecule is CNC(c1cncc(C)c1)c1ccc(F)cc1I. The molecular formula is C14H14FIN2. The van der Waals surface area contributed by atoms with Crippen LogP contribution in [0.25, 0.3) is 0 Å². The van der Waals surface area contributed by atoms with Crippen molar-refractivity contribution in [2.75, 3.05) is 7.05 Å². The second kappa shape index (κ2) is 5.75. The van der Waals surface area contributed by atoms with E-state index in [1.807, 2.05) is 32.4 Å². The van der Waals surface area contributed by atoms with Gasteiger partial charge in [0, 0.05) is 16.0 Å². The molecule has 0 fully saturated rings. The van der Waals surface area contributed by atoms with E-state index in [1.54, 1.807) is 6.07 Å². The van der Waals surface area contributed by atoms with E-state index < -0.39 is 0 Å². The van der Waals surface area contributed by atoms with Crippen molar-refractivity contribution in [3.63, 3.8) is 0 Å². The Morgan fingerprint density at radius 3 is 2.67 bits per heavy atom. The van der Waals surface area contributed by atoms with E-state index in [4.69, 9.17) is 0 Å². The molecule has 0 spiro atoms. The van der Waals surface area contributed by atoms with Gasteiger partial charge in [0.1, 0.15) is 5.82 Å². The van der Waals surface area contributed by atoms with Crippen LogP contribution in [0.3, 0.4) is 0 Å². The topological polar surface area (TPSA) is 24.9 Å². The summed E-state index contributed by atoms with van der Waals surface area (Å²) in [5, 5.41) is 3.25. The zero-order chi connectivity index (χ0) is 13.1. The maximum Gasteiger partial charge on any atom is 0.124 e. The molecule has 1 N–H and O–H groups in total. The summed E-state index contributed by atoms with van der Waals surface area (Å²) in [7, 11) is 1.90. The Morgan fingerprint density at radius 1 is 1.28 bits per heavy atom. The summed E-state index contributed by atoms with van der Waals surface area (Å²) >= 11 is 2.16. The first kappa shape index (κ1) is 13.4. The van der Waals surface area contributed by atoms with Gasteiger partial charge in [0.25, 0.3) is 0 Å². The fourth-order valence-electron chi connectivity index (χ4n) is 1.97. The molecule has 1 atom stereocenters. The highest BCUT2D eigenvalue weighted by atomic mass is 127. The molecule has 0 saturated heterocycles. The summed E-state index contributed by atoms with van der Waals surface area (Å²) < 4.78 is 14.1. The lowest BCUT2D eigenvalue weighted by Crippen LogP contribution is -2.19. The Bertz CT molecular complexity index is 557. The lowest BCUT2D eigenvalue weighted by Gasteiger charge is -2.18. The highest BCUT2D eigenvalue weighted by Crippen LogP contribution is 2.26. The third-order valence-corrected chi connectivity index (χ3v) is 3.73. The molecule has 1 aromatic carbocycles. The van der Waals surface area contributed by atoms with Crippen LogP contribution in [0.5, 0.6) is 0 Å². The van der Waals surface area contributed by atoms with Crippen LogP contribution >= 0.6 is 22.6 Å². The Kier molecular flexibility index (Phi) is 4.29. The van der Waals surface area contributed by atoms with Gasteiger partial charge in [0.2, 0.25) is 0 Å². The van der Waals surface area contributed by atoms with Crippen molar-refractivity contribution >= 4 is 22.6 Å². The van der Waals surface area contributed by atoms with Crippen molar-refractivity contribution in [2.45, 2.75) is 13.0 Å². The monoisotopic (exact) mass is 356 g/mol. The van der Waals surface area contributed by atoms with E-state index in [-0.39, 0.29) is 11.9 Å². The highest BCUT2D eigenvalue weighted by molar-refractivity contribution is 14.1. The first-order valence-electron chi connectivity index (χ1n) is 5.65. The van der Waals surface area contributed by atoms with Crippen molar-refractivity contribution in [3.05, 3.63) is 62.7 Å². The number of hydrogen-bond acceptors (Lipinski definition) is 2. The van der Waals surface area contributed by atoms with Crippen LogP contribution in [-0.4, -0.2) is 12.0 Å². The van der Waals surface area contributed by atoms with Crippen LogP contribution in [0.2, 0.25) is 0 Å². The Balaban J connectivity index is 2.45. The molecule has 18 heavy (non-hydrogen) atoms. The minimum atomic E-state index is -0.208. The van der Waals surface area contributed by atoms with Crippen LogP contribution in [0.1, 0.15) is 22.7 Å². The van der Waals surface area contributed by atoms with Gasteiger partial charge in [0.05, 0.1) is 6.04 Å². The largest absolute Gasteiger partial charge is 0.309 e. The summed E-state index contributed by atoms with van der Waals surface area (Å²) in [6.45, 7) is 2.01. The van der Waals surface area contributed by atoms with Crippen LogP contribution in [0.15, 0.2) is 36.7 Å². The van der Waals surface area contributed by atoms with E-state index in [2.05, 4.69) is 39.0 Å². The standard InChI is InChI=1S/C14H14FIN2/c1-9-5-10(8-18-7-9)14(17-2)12-4-3-11(15)6-13(12)16/h3-8,14,17H,1-2H3. The lowest BCUT2D eigenvalue weighted by atomic mass is 9.99. The fraction of sp³-hybridized carbons (Fsp3) is 0.214. The minimum Gasteiger partial charge on any atom is -0.309 e. The quantitative estimate of drug-likeness (QED) is 0.853. The van der Waals surface area contributed by atoms with Gasteiger partial charge in [-0.25, -0.2) is 4.39 Å². The van der Waals surface area contributed by atoms with Crippen molar-refractivity contribution < 1.29 is 4.39 Å². The number of halogens is 2. The number of rotatable bonds is 3. The average molecular weight is 356 g/mol. The molecule has 0 amide bonds. The molecule has 0 aliphatic rings. The molecular weight excluding hydrogens is 342 g/mol. The summed E-state index contributed by atoms with van der Waals surface area (Å²) in [6.07, 6.45) is 3.67. The molecule has 0 radical (unpaired) electrons. The molecule has 1 aromatic heterocycles. The smallest absolute Gasteiger partial charge is 0.124 e. The molecule has 1 heterocycles. The predicted octanol–water partition coefficient (Wildman–Crippen LogP) is 3.44. The van der Waals surface area contributed by atoms with E-state index in [1.165, 1.54) is 6.07 Å². The van der Waals surface area contributed by atoms with Gasteiger partial charge in [-0.15, -0.1) is 0 Å². The number of hydrogen-bond donors (Lipinski definition) is 1. The van der Waals surface area contributed by atoms with Crippen molar-refractivity contribution in [3.8, 4) is 0 Å². The van der Waals surface area contributed by atoms with Crippen molar-refractivity contribution in [2.24, 2.45) is 0 Å². The zero-order valence-corrected chi connectivity index (χ0v) is 12.4. The second-order valence-corrected chi connectivity index (χ2v) is 5.35. The third kappa shape index (κ3) is 2.87. The number of nitrogens with one attached hydrogen (secondary N) is 1. The number of nitrogens with zero attached hydrogens (tertiary/aromatic N) is 1. The zero-order valence-electron chi connectivity index (χ0n) is 10.2. The number of aryl methyl sites for hydroxylation is 1. The summed E-state index contributed by atoms with van der Waals surface area (Å²) in [5.74, 6) is -0.208. The highest BCUT2D eigenvalue weighted by Gasteiger charge is 2.15. The van der Waals surface area contributed by atoms with E-state index in [9.17, 15) is 4.39 Å². The normalized spacial score (nSPS) is 12.4. The first-order valence-corrected chi connectivity index (χ1v) is 6.73. The van der Waals surface area contributed by atoms with Crippen molar-refractivity contribution in [1.82, 2.24) is 10.3 Å². The lowest BCUT2D eigenvalue weighted by molar-refractivity contribution is 0.621. The molecule has 0 bridgehead atoms. The second-order valence-electron chi connectivity index (χ2n) is 4.18. The maximum absolute atomic E-state index is 13.1. The van der Waals surface area contributed by atoms with Crippen LogP contribution in [0.4, 0.5) is 4.39 Å². The van der Waals surface area contributed by atoms with Gasteiger partial charge < -0.3 is 5.32 Å². The fourth-order valence-corrected chi connectivity index (χ4v) is 2.76. The molecule has 2 nitrogen and oxygen atoms in total. The van der Waals surface area contributed by atoms with Crippen LogP contribution in [-0.2, 0) is 0 Å². The Morgan fingerprint density at radius 2 is 2.06 bits per heavy atom. The summed E-state index contributed by atoms with van der Waals surface area (Å²) in [4.78, 5) is 4.21. The molecule has 4 heteroatoms. The number of benzene rings is 1. The van der Waals surface area contributed by atoms with E-state index in [0.717, 1.165) is 20.3 Å². The molecule has 0 aliphatic heterocycles. The molecule has 2 aromatic rings. The van der Waals surface area contributed by atoms with Gasteiger partial charge in [0.15, 0.2) is 0 Å². The Hall–Kier alpha value is -1.01.